The molecule has 0 bridgehead atoms. The van der Waals surface area contributed by atoms with Gasteiger partial charge in [0.25, 0.3) is 0 Å². The number of hydrogen-bond donors (Lipinski definition) is 1. The molecule has 4 rings (SSSR count). The summed E-state index contributed by atoms with van der Waals surface area (Å²) in [6, 6.07) is 2.97. The third-order valence-corrected chi connectivity index (χ3v) is 5.43. The van der Waals surface area contributed by atoms with Crippen LogP contribution in [0.4, 0.5) is 5.82 Å². The number of hydrogen-bond acceptors (Lipinski definition) is 5. The second-order valence-corrected chi connectivity index (χ2v) is 7.01. The predicted octanol–water partition coefficient (Wildman–Crippen LogP) is 1.78. The standard InChI is InChI=1S/C17H26N4O/c22-12-15-4-1-9-20(15)11-14-3-2-10-21(14)16-7-8-18-17(19-16)13-5-6-13/h7-8,13-15,22H,1-6,9-12H2. The molecule has 5 nitrogen and oxygen atoms in total. The molecule has 0 amide bonds. The van der Waals surface area contributed by atoms with E-state index in [0.29, 0.717) is 24.6 Å². The summed E-state index contributed by atoms with van der Waals surface area (Å²) in [5.41, 5.74) is 0. The molecule has 2 atom stereocenters. The van der Waals surface area contributed by atoms with E-state index in [1.165, 1.54) is 32.1 Å². The van der Waals surface area contributed by atoms with Gasteiger partial charge in [0.1, 0.15) is 11.6 Å². The average molecular weight is 302 g/mol. The molecule has 3 fully saturated rings. The summed E-state index contributed by atoms with van der Waals surface area (Å²) in [4.78, 5) is 14.2. The minimum absolute atomic E-state index is 0.298. The maximum Gasteiger partial charge on any atom is 0.133 e. The Kier molecular flexibility index (Phi) is 4.01. The Morgan fingerprint density at radius 2 is 1.91 bits per heavy atom. The largest absolute Gasteiger partial charge is 0.395 e. The minimum atomic E-state index is 0.298. The summed E-state index contributed by atoms with van der Waals surface area (Å²) < 4.78 is 0. The Labute approximate surface area is 132 Å². The lowest BCUT2D eigenvalue weighted by molar-refractivity contribution is 0.153. The van der Waals surface area contributed by atoms with Gasteiger partial charge in [0.2, 0.25) is 0 Å². The van der Waals surface area contributed by atoms with E-state index in [1.54, 1.807) is 0 Å². The highest BCUT2D eigenvalue weighted by Gasteiger charge is 2.33. The molecule has 22 heavy (non-hydrogen) atoms. The van der Waals surface area contributed by atoms with Crippen LogP contribution in [-0.2, 0) is 0 Å². The quantitative estimate of drug-likeness (QED) is 0.898. The van der Waals surface area contributed by atoms with E-state index >= 15 is 0 Å². The zero-order chi connectivity index (χ0) is 14.9. The lowest BCUT2D eigenvalue weighted by Gasteiger charge is -2.32. The molecule has 3 heterocycles. The number of rotatable bonds is 5. The van der Waals surface area contributed by atoms with Crippen LogP contribution in [0.2, 0.25) is 0 Å². The molecule has 1 aromatic heterocycles. The second-order valence-electron chi connectivity index (χ2n) is 7.01. The molecule has 2 aliphatic heterocycles. The highest BCUT2D eigenvalue weighted by Crippen LogP contribution is 2.38. The van der Waals surface area contributed by atoms with Gasteiger partial charge in [-0.3, -0.25) is 4.90 Å². The van der Waals surface area contributed by atoms with E-state index in [9.17, 15) is 5.11 Å². The molecular formula is C17H26N4O. The molecule has 5 heteroatoms. The first-order valence-electron chi connectivity index (χ1n) is 8.79. The summed E-state index contributed by atoms with van der Waals surface area (Å²) >= 11 is 0. The van der Waals surface area contributed by atoms with Crippen molar-refractivity contribution in [1.29, 1.82) is 0 Å². The van der Waals surface area contributed by atoms with E-state index in [0.717, 1.165) is 37.7 Å². The van der Waals surface area contributed by atoms with Gasteiger partial charge in [0.15, 0.2) is 0 Å². The zero-order valence-electron chi connectivity index (χ0n) is 13.2. The fourth-order valence-electron chi connectivity index (χ4n) is 4.00. The van der Waals surface area contributed by atoms with Crippen molar-refractivity contribution in [3.63, 3.8) is 0 Å². The normalized spacial score (nSPS) is 29.4. The zero-order valence-corrected chi connectivity index (χ0v) is 13.2. The van der Waals surface area contributed by atoms with Crippen LogP contribution < -0.4 is 4.90 Å². The molecule has 2 saturated heterocycles. The van der Waals surface area contributed by atoms with E-state index in [1.807, 2.05) is 6.20 Å². The second kappa shape index (κ2) is 6.13. The Bertz CT molecular complexity index is 519. The van der Waals surface area contributed by atoms with Crippen LogP contribution in [0.5, 0.6) is 0 Å². The van der Waals surface area contributed by atoms with Crippen molar-refractivity contribution in [3.05, 3.63) is 18.1 Å². The molecule has 2 unspecified atom stereocenters. The van der Waals surface area contributed by atoms with Crippen molar-refractivity contribution >= 4 is 5.82 Å². The van der Waals surface area contributed by atoms with Crippen LogP contribution in [0.15, 0.2) is 12.3 Å². The summed E-state index contributed by atoms with van der Waals surface area (Å²) in [7, 11) is 0. The van der Waals surface area contributed by atoms with Gasteiger partial charge in [-0.1, -0.05) is 0 Å². The van der Waals surface area contributed by atoms with E-state index in [2.05, 4.69) is 20.9 Å². The molecule has 1 N–H and O–H groups in total. The third-order valence-electron chi connectivity index (χ3n) is 5.43. The van der Waals surface area contributed by atoms with Crippen LogP contribution in [0, 0.1) is 0 Å². The van der Waals surface area contributed by atoms with Crippen LogP contribution in [-0.4, -0.2) is 58.3 Å². The van der Waals surface area contributed by atoms with Gasteiger partial charge >= 0.3 is 0 Å². The highest BCUT2D eigenvalue weighted by molar-refractivity contribution is 5.41. The molecular weight excluding hydrogens is 276 g/mol. The predicted molar refractivity (Wildman–Crippen MR) is 86.1 cm³/mol. The van der Waals surface area contributed by atoms with Crippen molar-refractivity contribution < 1.29 is 5.11 Å². The summed E-state index contributed by atoms with van der Waals surface area (Å²) in [6.07, 6.45) is 9.26. The minimum Gasteiger partial charge on any atom is -0.395 e. The van der Waals surface area contributed by atoms with Gasteiger partial charge in [-0.2, -0.15) is 0 Å². The van der Waals surface area contributed by atoms with Crippen molar-refractivity contribution in [2.45, 2.75) is 56.5 Å². The fourth-order valence-corrected chi connectivity index (χ4v) is 4.00. The van der Waals surface area contributed by atoms with Crippen molar-refractivity contribution in [1.82, 2.24) is 14.9 Å². The molecule has 0 radical (unpaired) electrons. The van der Waals surface area contributed by atoms with E-state index in [-0.39, 0.29) is 0 Å². The Hall–Kier alpha value is -1.20. The Morgan fingerprint density at radius 3 is 2.73 bits per heavy atom. The topological polar surface area (TPSA) is 52.5 Å². The first-order chi connectivity index (χ1) is 10.8. The fraction of sp³-hybridized carbons (Fsp3) is 0.765. The molecule has 1 saturated carbocycles. The van der Waals surface area contributed by atoms with Gasteiger partial charge in [-0.15, -0.1) is 0 Å². The van der Waals surface area contributed by atoms with Crippen molar-refractivity contribution in [2.24, 2.45) is 0 Å². The summed E-state index contributed by atoms with van der Waals surface area (Å²) in [5.74, 6) is 2.76. The number of aliphatic hydroxyl groups excluding tert-OH is 1. The Balaban J connectivity index is 1.47. The molecule has 1 aliphatic carbocycles. The van der Waals surface area contributed by atoms with Gasteiger partial charge in [0.05, 0.1) is 6.61 Å². The van der Waals surface area contributed by atoms with Gasteiger partial charge in [-0.25, -0.2) is 9.97 Å². The molecule has 120 valence electrons. The molecule has 3 aliphatic rings. The molecule has 0 aromatic carbocycles. The van der Waals surface area contributed by atoms with Gasteiger partial charge in [0, 0.05) is 37.3 Å². The lowest BCUT2D eigenvalue weighted by Crippen LogP contribution is -2.43. The van der Waals surface area contributed by atoms with Gasteiger partial charge in [-0.05, 0) is 51.1 Å². The maximum absolute atomic E-state index is 9.52. The van der Waals surface area contributed by atoms with Crippen LogP contribution >= 0.6 is 0 Å². The highest BCUT2D eigenvalue weighted by atomic mass is 16.3. The first kappa shape index (κ1) is 14.4. The molecule has 0 spiro atoms. The van der Waals surface area contributed by atoms with Crippen LogP contribution in [0.25, 0.3) is 0 Å². The number of likely N-dealkylation sites (tertiary alicyclic amines) is 1. The van der Waals surface area contributed by atoms with Gasteiger partial charge < -0.3 is 10.0 Å². The first-order valence-corrected chi connectivity index (χ1v) is 8.79. The molecule has 1 aromatic rings. The van der Waals surface area contributed by atoms with Crippen LogP contribution in [0.1, 0.15) is 50.3 Å². The average Bonchev–Trinajstić information content (AvgIpc) is 3.14. The monoisotopic (exact) mass is 302 g/mol. The van der Waals surface area contributed by atoms with E-state index in [4.69, 9.17) is 4.98 Å². The number of aliphatic hydroxyl groups is 1. The number of nitrogens with zero attached hydrogens (tertiary/aromatic N) is 4. The third kappa shape index (κ3) is 2.84. The number of anilines is 1. The van der Waals surface area contributed by atoms with E-state index < -0.39 is 0 Å². The summed E-state index contributed by atoms with van der Waals surface area (Å²) in [6.45, 7) is 3.59. The SMILES string of the molecule is OCC1CCCN1CC1CCCN1c1ccnc(C2CC2)n1. The smallest absolute Gasteiger partial charge is 0.133 e. The van der Waals surface area contributed by atoms with Crippen molar-refractivity contribution in [3.8, 4) is 0 Å². The maximum atomic E-state index is 9.52. The number of aromatic nitrogens is 2. The Morgan fingerprint density at radius 1 is 1.09 bits per heavy atom. The van der Waals surface area contributed by atoms with Crippen molar-refractivity contribution in [2.75, 3.05) is 31.1 Å². The van der Waals surface area contributed by atoms with Crippen LogP contribution in [0.3, 0.4) is 0 Å². The summed E-state index contributed by atoms with van der Waals surface area (Å²) in [5, 5.41) is 9.52. The lowest BCUT2D eigenvalue weighted by atomic mass is 10.2.